The summed E-state index contributed by atoms with van der Waals surface area (Å²) in [5.41, 5.74) is 9.77. The summed E-state index contributed by atoms with van der Waals surface area (Å²) >= 11 is 1.63. The molecular weight excluding hydrogens is 444 g/mol. The summed E-state index contributed by atoms with van der Waals surface area (Å²) in [5.74, 6) is -0.880. The van der Waals surface area contributed by atoms with E-state index in [9.17, 15) is 9.59 Å². The number of nitrogens with two attached hydrogens (primary N) is 1. The zero-order valence-corrected chi connectivity index (χ0v) is 20.7. The second kappa shape index (κ2) is 11.4. The Balaban J connectivity index is 2.05. The van der Waals surface area contributed by atoms with Crippen molar-refractivity contribution in [2.75, 3.05) is 13.2 Å². The molecule has 0 saturated carbocycles. The first-order valence-corrected chi connectivity index (χ1v) is 12.2. The minimum Gasteiger partial charge on any atom is -0.465 e. The predicted molar refractivity (Wildman–Crippen MR) is 138 cm³/mol. The van der Waals surface area contributed by atoms with Crippen LogP contribution in [0.1, 0.15) is 37.5 Å². The van der Waals surface area contributed by atoms with Crippen molar-refractivity contribution in [3.63, 3.8) is 0 Å². The fraction of sp³-hybridized carbons (Fsp3) is 0.286. The maximum atomic E-state index is 12.9. The van der Waals surface area contributed by atoms with Gasteiger partial charge in [-0.2, -0.15) is 0 Å². The van der Waals surface area contributed by atoms with E-state index in [1.807, 2.05) is 68.4 Å². The van der Waals surface area contributed by atoms with Crippen molar-refractivity contribution in [2.45, 2.75) is 36.3 Å². The van der Waals surface area contributed by atoms with Crippen LogP contribution < -0.4 is 11.1 Å². The van der Waals surface area contributed by atoms with Gasteiger partial charge < -0.3 is 15.8 Å². The fourth-order valence-electron chi connectivity index (χ4n) is 3.95. The summed E-state index contributed by atoms with van der Waals surface area (Å²) in [6.07, 6.45) is 0. The molecule has 5 nitrogen and oxygen atoms in total. The Morgan fingerprint density at radius 3 is 1.65 bits per heavy atom. The monoisotopic (exact) mass is 476 g/mol. The number of hydrogen-bond acceptors (Lipinski definition) is 5. The number of thioether (sulfide) groups is 1. The van der Waals surface area contributed by atoms with Crippen LogP contribution in [0.4, 0.5) is 0 Å². The van der Waals surface area contributed by atoms with Crippen molar-refractivity contribution >= 4 is 23.6 Å². The van der Waals surface area contributed by atoms with Crippen LogP contribution in [0.5, 0.6) is 0 Å². The Kier molecular flexibility index (Phi) is 8.53. The molecule has 0 aliphatic rings. The Morgan fingerprint density at radius 2 is 1.26 bits per heavy atom. The molecule has 178 valence electrons. The smallest absolute Gasteiger partial charge is 0.325 e. The van der Waals surface area contributed by atoms with Crippen LogP contribution in [-0.2, 0) is 19.1 Å². The van der Waals surface area contributed by atoms with Gasteiger partial charge in [0.1, 0.15) is 6.54 Å². The molecule has 0 radical (unpaired) electrons. The number of amides is 1. The molecule has 1 atom stereocenters. The average Bonchev–Trinajstić information content (AvgIpc) is 2.87. The Bertz CT molecular complexity index is 976. The minimum atomic E-state index is -0.873. The molecule has 3 aromatic rings. The van der Waals surface area contributed by atoms with Gasteiger partial charge in [0.25, 0.3) is 0 Å². The van der Waals surface area contributed by atoms with E-state index in [4.69, 9.17) is 10.5 Å². The first-order chi connectivity index (χ1) is 16.3. The zero-order valence-electron chi connectivity index (χ0n) is 19.9. The maximum absolute atomic E-state index is 12.9. The Hall–Kier alpha value is -3.09. The van der Waals surface area contributed by atoms with E-state index >= 15 is 0 Å². The molecule has 34 heavy (non-hydrogen) atoms. The molecule has 0 saturated heterocycles. The second-order valence-corrected chi connectivity index (χ2v) is 10.4. The molecule has 0 bridgehead atoms. The van der Waals surface area contributed by atoms with Crippen molar-refractivity contribution in [1.29, 1.82) is 0 Å². The van der Waals surface area contributed by atoms with Gasteiger partial charge in [0, 0.05) is 4.75 Å². The highest BCUT2D eigenvalue weighted by molar-refractivity contribution is 8.02. The molecule has 0 aliphatic carbocycles. The molecule has 3 aromatic carbocycles. The van der Waals surface area contributed by atoms with Gasteiger partial charge in [-0.3, -0.25) is 9.59 Å². The summed E-state index contributed by atoms with van der Waals surface area (Å²) in [6.45, 7) is 5.71. The molecule has 3 rings (SSSR count). The van der Waals surface area contributed by atoms with Crippen molar-refractivity contribution < 1.29 is 14.3 Å². The number of benzene rings is 3. The van der Waals surface area contributed by atoms with E-state index in [0.29, 0.717) is 0 Å². The topological polar surface area (TPSA) is 81.4 Å². The highest BCUT2D eigenvalue weighted by Crippen LogP contribution is 2.53. The predicted octanol–water partition coefficient (Wildman–Crippen LogP) is 4.50. The van der Waals surface area contributed by atoms with Crippen LogP contribution in [-0.4, -0.2) is 35.8 Å². The number of rotatable bonds is 10. The molecular formula is C28H32N2O3S. The Morgan fingerprint density at radius 1 is 0.853 bits per heavy atom. The van der Waals surface area contributed by atoms with Gasteiger partial charge in [0.2, 0.25) is 5.91 Å². The summed E-state index contributed by atoms with van der Waals surface area (Å²) < 4.78 is 3.59. The molecule has 0 aromatic heterocycles. The fourth-order valence-corrected chi connectivity index (χ4v) is 5.74. The van der Waals surface area contributed by atoms with Gasteiger partial charge in [0.05, 0.1) is 17.4 Å². The zero-order chi connectivity index (χ0) is 24.6. The number of carbonyl (C=O) groups is 2. The molecule has 0 heterocycles. The normalized spacial score (nSPS) is 12.6. The van der Waals surface area contributed by atoms with Gasteiger partial charge in [-0.05, 0) is 37.5 Å². The van der Waals surface area contributed by atoms with Gasteiger partial charge in [0.15, 0.2) is 0 Å². The summed E-state index contributed by atoms with van der Waals surface area (Å²) in [6, 6.07) is 29.9. The van der Waals surface area contributed by atoms with Crippen molar-refractivity contribution in [3.05, 3.63) is 108 Å². The SMILES string of the molecule is CCOC(=O)CNC(=O)[C@@H](N)C(C)(C)SC(c1ccccc1)(c1ccccc1)c1ccccc1. The first-order valence-electron chi connectivity index (χ1n) is 11.4. The van der Waals surface area contributed by atoms with E-state index in [-0.39, 0.29) is 13.2 Å². The number of carbonyl (C=O) groups excluding carboxylic acids is 2. The molecule has 0 fully saturated rings. The summed E-state index contributed by atoms with van der Waals surface area (Å²) in [5, 5.41) is 2.63. The number of esters is 1. The maximum Gasteiger partial charge on any atom is 0.325 e. The van der Waals surface area contributed by atoms with Crippen LogP contribution >= 0.6 is 11.8 Å². The first kappa shape index (κ1) is 25.5. The van der Waals surface area contributed by atoms with E-state index in [1.54, 1.807) is 18.7 Å². The second-order valence-electron chi connectivity index (χ2n) is 8.49. The van der Waals surface area contributed by atoms with Gasteiger partial charge in [-0.15, -0.1) is 11.8 Å². The number of ether oxygens (including phenoxy) is 1. The average molecular weight is 477 g/mol. The van der Waals surface area contributed by atoms with Gasteiger partial charge >= 0.3 is 5.97 Å². The summed E-state index contributed by atoms with van der Waals surface area (Å²) in [7, 11) is 0. The molecule has 0 aliphatic heterocycles. The molecule has 1 amide bonds. The third-order valence-corrected chi connectivity index (χ3v) is 7.49. The molecule has 0 unspecified atom stereocenters. The van der Waals surface area contributed by atoms with Crippen molar-refractivity contribution in [3.8, 4) is 0 Å². The molecule has 3 N–H and O–H groups in total. The minimum absolute atomic E-state index is 0.206. The van der Waals surface area contributed by atoms with Crippen LogP contribution in [0.3, 0.4) is 0 Å². The van der Waals surface area contributed by atoms with Gasteiger partial charge in [-0.25, -0.2) is 0 Å². The molecule has 6 heteroatoms. The lowest BCUT2D eigenvalue weighted by atomic mass is 9.84. The largest absolute Gasteiger partial charge is 0.465 e. The van der Waals surface area contributed by atoms with Crippen LogP contribution in [0.2, 0.25) is 0 Å². The number of hydrogen-bond donors (Lipinski definition) is 2. The van der Waals surface area contributed by atoms with E-state index in [1.165, 1.54) is 0 Å². The lowest BCUT2D eigenvalue weighted by molar-refractivity contribution is -0.143. The van der Waals surface area contributed by atoms with E-state index in [0.717, 1.165) is 16.7 Å². The van der Waals surface area contributed by atoms with Crippen molar-refractivity contribution in [1.82, 2.24) is 5.32 Å². The molecule has 0 spiro atoms. The third kappa shape index (κ3) is 5.69. The van der Waals surface area contributed by atoms with Crippen LogP contribution in [0, 0.1) is 0 Å². The summed E-state index contributed by atoms with van der Waals surface area (Å²) in [4.78, 5) is 24.7. The van der Waals surface area contributed by atoms with Crippen LogP contribution in [0.15, 0.2) is 91.0 Å². The third-order valence-electron chi connectivity index (χ3n) is 5.70. The van der Waals surface area contributed by atoms with Gasteiger partial charge in [-0.1, -0.05) is 91.0 Å². The number of nitrogens with one attached hydrogen (secondary N) is 1. The van der Waals surface area contributed by atoms with E-state index in [2.05, 4.69) is 41.7 Å². The standard InChI is InChI=1S/C28H32N2O3S/c1-4-33-24(31)20-30-26(32)25(29)27(2,3)34-28(21-14-8-5-9-15-21,22-16-10-6-11-17-22)23-18-12-7-13-19-23/h5-19,25H,4,20,29H2,1-3H3,(H,30,32)/t25-/m1/s1. The lowest BCUT2D eigenvalue weighted by Gasteiger charge is -2.43. The highest BCUT2D eigenvalue weighted by atomic mass is 32.2. The Labute approximate surface area is 206 Å². The van der Waals surface area contributed by atoms with Crippen LogP contribution in [0.25, 0.3) is 0 Å². The highest BCUT2D eigenvalue weighted by Gasteiger charge is 2.45. The van der Waals surface area contributed by atoms with E-state index < -0.39 is 27.4 Å². The quantitative estimate of drug-likeness (QED) is 0.333. The van der Waals surface area contributed by atoms with Crippen molar-refractivity contribution in [2.24, 2.45) is 5.73 Å². The lowest BCUT2D eigenvalue weighted by Crippen LogP contribution is -2.54.